The van der Waals surface area contributed by atoms with Gasteiger partial charge in [0.2, 0.25) is 0 Å². The van der Waals surface area contributed by atoms with Gasteiger partial charge >= 0.3 is 0 Å². The quantitative estimate of drug-likeness (QED) is 0.412. The standard InChI is InChI=1S/C21H29F2N7O3/c1-3-32-11-17(12(2)24)28-20-15(22)9-14(18(25)31)19(29-20)27-13-8-16(23)21(26-10-13)30-4-6-33-7-5-30/h8-10,12,17H,3-7,11,24H2,1-2H3,(H2,25,31)(H2,27,28,29)/t12-,17+/m0/s1. The van der Waals surface area contributed by atoms with Crippen LogP contribution in [0.15, 0.2) is 18.3 Å². The first-order valence-corrected chi connectivity index (χ1v) is 10.7. The van der Waals surface area contributed by atoms with Crippen molar-refractivity contribution in [3.63, 3.8) is 0 Å². The number of nitrogens with two attached hydrogens (primary N) is 2. The molecule has 0 spiro atoms. The fraction of sp³-hybridized carbons (Fsp3) is 0.476. The fourth-order valence-electron chi connectivity index (χ4n) is 3.26. The Morgan fingerprint density at radius 2 is 2.00 bits per heavy atom. The van der Waals surface area contributed by atoms with Crippen LogP contribution in [0.3, 0.4) is 0 Å². The molecule has 0 bridgehead atoms. The van der Waals surface area contributed by atoms with Crippen LogP contribution in [0.4, 0.5) is 31.9 Å². The molecule has 0 saturated carbocycles. The molecule has 1 fully saturated rings. The highest BCUT2D eigenvalue weighted by molar-refractivity contribution is 5.98. The van der Waals surface area contributed by atoms with Gasteiger partial charge in [0.25, 0.3) is 5.91 Å². The van der Waals surface area contributed by atoms with Gasteiger partial charge in [0.05, 0.1) is 43.3 Å². The lowest BCUT2D eigenvalue weighted by molar-refractivity contribution is 0.100. The first-order chi connectivity index (χ1) is 15.8. The summed E-state index contributed by atoms with van der Waals surface area (Å²) in [6, 6.07) is 1.37. The molecule has 1 amide bonds. The Labute approximate surface area is 190 Å². The van der Waals surface area contributed by atoms with Crippen molar-refractivity contribution >= 4 is 29.0 Å². The molecule has 2 aromatic heterocycles. The molecule has 180 valence electrons. The monoisotopic (exact) mass is 465 g/mol. The Bertz CT molecular complexity index is 971. The van der Waals surface area contributed by atoms with E-state index < -0.39 is 23.6 Å². The molecule has 0 aliphatic carbocycles. The number of rotatable bonds is 10. The summed E-state index contributed by atoms with van der Waals surface area (Å²) in [5.41, 5.74) is 11.4. The normalized spacial score (nSPS) is 15.7. The number of nitrogens with one attached hydrogen (secondary N) is 2. The third-order valence-corrected chi connectivity index (χ3v) is 5.09. The van der Waals surface area contributed by atoms with Gasteiger partial charge in [-0.15, -0.1) is 0 Å². The molecule has 12 heteroatoms. The Balaban J connectivity index is 1.87. The third-order valence-electron chi connectivity index (χ3n) is 5.09. The summed E-state index contributed by atoms with van der Waals surface area (Å²) in [6.45, 7) is 6.31. The zero-order valence-electron chi connectivity index (χ0n) is 18.6. The van der Waals surface area contributed by atoms with Crippen LogP contribution < -0.4 is 27.0 Å². The average Bonchev–Trinajstić information content (AvgIpc) is 2.78. The van der Waals surface area contributed by atoms with Gasteiger partial charge in [0.1, 0.15) is 5.82 Å². The zero-order valence-corrected chi connectivity index (χ0v) is 18.6. The third kappa shape index (κ3) is 6.24. The van der Waals surface area contributed by atoms with Crippen LogP contribution in [0, 0.1) is 11.6 Å². The van der Waals surface area contributed by atoms with E-state index in [1.54, 1.807) is 11.8 Å². The number of ether oxygens (including phenoxy) is 2. The van der Waals surface area contributed by atoms with E-state index in [2.05, 4.69) is 20.6 Å². The van der Waals surface area contributed by atoms with Crippen molar-refractivity contribution in [1.29, 1.82) is 0 Å². The summed E-state index contributed by atoms with van der Waals surface area (Å²) in [5, 5.41) is 5.71. The Kier molecular flexibility index (Phi) is 8.31. The van der Waals surface area contributed by atoms with Crippen LogP contribution in [0.1, 0.15) is 24.2 Å². The predicted octanol–water partition coefficient (Wildman–Crippen LogP) is 1.60. The summed E-state index contributed by atoms with van der Waals surface area (Å²) in [4.78, 5) is 22.0. The van der Waals surface area contributed by atoms with Gasteiger partial charge in [-0.2, -0.15) is 0 Å². The van der Waals surface area contributed by atoms with Gasteiger partial charge in [0.15, 0.2) is 23.3 Å². The number of primary amides is 1. The SMILES string of the molecule is CCOC[C@@H](Nc1nc(Nc2cnc(N3CCOCC3)c(F)c2)c(C(N)=O)cc1F)[C@H](C)N. The van der Waals surface area contributed by atoms with Crippen LogP contribution >= 0.6 is 0 Å². The molecule has 2 atom stereocenters. The molecule has 3 rings (SSSR count). The number of carbonyl (C=O) groups excluding carboxylic acids is 1. The van der Waals surface area contributed by atoms with E-state index in [1.165, 1.54) is 12.3 Å². The second kappa shape index (κ2) is 11.2. The highest BCUT2D eigenvalue weighted by atomic mass is 19.1. The van der Waals surface area contributed by atoms with Crippen LogP contribution in [0.2, 0.25) is 0 Å². The van der Waals surface area contributed by atoms with Crippen molar-refractivity contribution in [1.82, 2.24) is 9.97 Å². The largest absolute Gasteiger partial charge is 0.380 e. The molecule has 1 aliphatic rings. The summed E-state index contributed by atoms with van der Waals surface area (Å²) in [7, 11) is 0. The molecule has 0 aromatic carbocycles. The minimum atomic E-state index is -0.896. The lowest BCUT2D eigenvalue weighted by Crippen LogP contribution is -2.42. The highest BCUT2D eigenvalue weighted by Gasteiger charge is 2.22. The van der Waals surface area contributed by atoms with Gasteiger partial charge in [-0.05, 0) is 19.9 Å². The molecule has 1 saturated heterocycles. The van der Waals surface area contributed by atoms with E-state index in [0.29, 0.717) is 32.9 Å². The smallest absolute Gasteiger partial charge is 0.252 e. The number of aromatic nitrogens is 2. The second-order valence-corrected chi connectivity index (χ2v) is 7.60. The predicted molar refractivity (Wildman–Crippen MR) is 121 cm³/mol. The van der Waals surface area contributed by atoms with Crippen LogP contribution in [0.25, 0.3) is 0 Å². The molecule has 3 heterocycles. The first kappa shape index (κ1) is 24.6. The maximum absolute atomic E-state index is 14.7. The highest BCUT2D eigenvalue weighted by Crippen LogP contribution is 2.26. The summed E-state index contributed by atoms with van der Waals surface area (Å²) in [5.74, 6) is -2.24. The lowest BCUT2D eigenvalue weighted by atomic mass is 10.1. The van der Waals surface area contributed by atoms with Crippen LogP contribution in [-0.4, -0.2) is 67.5 Å². The van der Waals surface area contributed by atoms with Gasteiger partial charge < -0.3 is 36.5 Å². The van der Waals surface area contributed by atoms with Crippen molar-refractivity contribution in [3.05, 3.63) is 35.5 Å². The number of amides is 1. The van der Waals surface area contributed by atoms with E-state index >= 15 is 0 Å². The van der Waals surface area contributed by atoms with Crippen molar-refractivity contribution in [2.24, 2.45) is 11.5 Å². The molecule has 0 radical (unpaired) electrons. The minimum absolute atomic E-state index is 0.0495. The first-order valence-electron chi connectivity index (χ1n) is 10.7. The van der Waals surface area contributed by atoms with Crippen molar-refractivity contribution < 1.29 is 23.0 Å². The van der Waals surface area contributed by atoms with Crippen molar-refractivity contribution in [3.8, 4) is 0 Å². The Morgan fingerprint density at radius 1 is 1.27 bits per heavy atom. The van der Waals surface area contributed by atoms with E-state index in [4.69, 9.17) is 20.9 Å². The number of anilines is 4. The number of carbonyl (C=O) groups is 1. The van der Waals surface area contributed by atoms with Gasteiger partial charge in [-0.1, -0.05) is 0 Å². The van der Waals surface area contributed by atoms with Gasteiger partial charge in [-0.25, -0.2) is 18.7 Å². The van der Waals surface area contributed by atoms with E-state index in [0.717, 1.165) is 6.07 Å². The number of hydrogen-bond acceptors (Lipinski definition) is 9. The molecule has 1 aliphatic heterocycles. The van der Waals surface area contributed by atoms with Gasteiger partial charge in [0, 0.05) is 31.8 Å². The van der Waals surface area contributed by atoms with Crippen LogP contribution in [0.5, 0.6) is 0 Å². The maximum Gasteiger partial charge on any atom is 0.252 e. The number of pyridine rings is 2. The number of halogens is 2. The van der Waals surface area contributed by atoms with Crippen molar-refractivity contribution in [2.75, 3.05) is 55.1 Å². The van der Waals surface area contributed by atoms with E-state index in [-0.39, 0.29) is 41.4 Å². The Hall–Kier alpha value is -3.09. The molecule has 10 nitrogen and oxygen atoms in total. The van der Waals surface area contributed by atoms with E-state index in [9.17, 15) is 13.6 Å². The second-order valence-electron chi connectivity index (χ2n) is 7.60. The number of hydrogen-bond donors (Lipinski definition) is 4. The maximum atomic E-state index is 14.7. The molecule has 6 N–H and O–H groups in total. The van der Waals surface area contributed by atoms with E-state index in [1.807, 2.05) is 6.92 Å². The summed E-state index contributed by atoms with van der Waals surface area (Å²) < 4.78 is 40.1. The molecule has 2 aromatic rings. The molecular weight excluding hydrogens is 436 g/mol. The van der Waals surface area contributed by atoms with Crippen LogP contribution in [-0.2, 0) is 9.47 Å². The lowest BCUT2D eigenvalue weighted by Gasteiger charge is -2.28. The zero-order chi connectivity index (χ0) is 24.0. The Morgan fingerprint density at radius 3 is 2.61 bits per heavy atom. The van der Waals surface area contributed by atoms with Crippen molar-refractivity contribution in [2.45, 2.75) is 25.9 Å². The summed E-state index contributed by atoms with van der Waals surface area (Å²) in [6.07, 6.45) is 1.40. The number of morpholine rings is 1. The molecule has 0 unspecified atom stereocenters. The minimum Gasteiger partial charge on any atom is -0.380 e. The number of nitrogens with zero attached hydrogens (tertiary/aromatic N) is 3. The molecular formula is C21H29F2N7O3. The summed E-state index contributed by atoms with van der Waals surface area (Å²) >= 11 is 0. The molecule has 33 heavy (non-hydrogen) atoms. The topological polar surface area (TPSA) is 141 Å². The fourth-order valence-corrected chi connectivity index (χ4v) is 3.26. The van der Waals surface area contributed by atoms with Gasteiger partial charge in [-0.3, -0.25) is 4.79 Å². The average molecular weight is 466 g/mol.